The van der Waals surface area contributed by atoms with Crippen molar-refractivity contribution in [2.24, 2.45) is 5.92 Å². The van der Waals surface area contributed by atoms with Crippen molar-refractivity contribution in [3.05, 3.63) is 41.9 Å². The van der Waals surface area contributed by atoms with Crippen molar-refractivity contribution in [1.82, 2.24) is 19.7 Å². The predicted molar refractivity (Wildman–Crippen MR) is 103 cm³/mol. The minimum absolute atomic E-state index is 0.0370. The number of nitrogens with zero attached hydrogens (tertiary/aromatic N) is 4. The summed E-state index contributed by atoms with van der Waals surface area (Å²) in [6.45, 7) is 2.15. The summed E-state index contributed by atoms with van der Waals surface area (Å²) < 4.78 is 43.6. The Balaban J connectivity index is 1.56. The number of hydrogen-bond donors (Lipinski definition) is 1. The number of carbonyl (C=O) groups excluding carboxylic acids is 1. The van der Waals surface area contributed by atoms with Gasteiger partial charge in [-0.25, -0.2) is 9.97 Å². The van der Waals surface area contributed by atoms with Gasteiger partial charge in [-0.3, -0.25) is 9.48 Å². The first-order valence-corrected chi connectivity index (χ1v) is 9.52. The summed E-state index contributed by atoms with van der Waals surface area (Å²) in [6, 6.07) is 3.24. The molecule has 0 aliphatic heterocycles. The van der Waals surface area contributed by atoms with Gasteiger partial charge >= 0.3 is 6.18 Å². The van der Waals surface area contributed by atoms with Crippen molar-refractivity contribution in [3.63, 3.8) is 0 Å². The Kier molecular flexibility index (Phi) is 5.08. The maximum Gasteiger partial charge on any atom is 0.422 e. The van der Waals surface area contributed by atoms with Crippen LogP contribution in [0.25, 0.3) is 10.9 Å². The molecule has 0 radical (unpaired) electrons. The van der Waals surface area contributed by atoms with E-state index in [2.05, 4.69) is 20.4 Å². The third-order valence-electron chi connectivity index (χ3n) is 4.94. The molecular weight excluding hydrogens is 399 g/mol. The van der Waals surface area contributed by atoms with Crippen LogP contribution in [0, 0.1) is 12.8 Å². The molecule has 158 valence electrons. The fourth-order valence-corrected chi connectivity index (χ4v) is 3.09. The number of hydrogen-bond acceptors (Lipinski definition) is 5. The van der Waals surface area contributed by atoms with Crippen molar-refractivity contribution >= 4 is 22.6 Å². The van der Waals surface area contributed by atoms with Crippen molar-refractivity contribution in [2.45, 2.75) is 38.9 Å². The van der Waals surface area contributed by atoms with Crippen LogP contribution in [0.15, 0.2) is 30.7 Å². The Morgan fingerprint density at radius 2 is 2.13 bits per heavy atom. The number of halogens is 3. The van der Waals surface area contributed by atoms with Crippen LogP contribution in [0.3, 0.4) is 0 Å². The van der Waals surface area contributed by atoms with Gasteiger partial charge in [-0.2, -0.15) is 18.3 Å². The van der Waals surface area contributed by atoms with E-state index in [4.69, 9.17) is 4.74 Å². The first kappa shape index (κ1) is 20.1. The van der Waals surface area contributed by atoms with Crippen molar-refractivity contribution in [1.29, 1.82) is 0 Å². The van der Waals surface area contributed by atoms with Gasteiger partial charge in [-0.15, -0.1) is 0 Å². The highest BCUT2D eigenvalue weighted by Crippen LogP contribution is 2.31. The van der Waals surface area contributed by atoms with E-state index in [1.54, 1.807) is 36.1 Å². The quantitative estimate of drug-likeness (QED) is 0.652. The van der Waals surface area contributed by atoms with Gasteiger partial charge in [0, 0.05) is 30.1 Å². The number of aromatic nitrogens is 4. The average Bonchev–Trinajstić information content (AvgIpc) is 3.45. The highest BCUT2D eigenvalue weighted by atomic mass is 19.4. The minimum atomic E-state index is -4.42. The lowest BCUT2D eigenvalue weighted by molar-refractivity contribution is -0.154. The maximum atomic E-state index is 12.4. The highest BCUT2D eigenvalue weighted by molar-refractivity contribution is 6.00. The SMILES string of the molecule is Cc1cc(C(C)n2cc3c(NC(=O)C4CC4)nccc3n2)cnc1OCC(F)(F)F. The number of amides is 1. The Bertz CT molecular complexity index is 1090. The zero-order valence-corrected chi connectivity index (χ0v) is 16.4. The van der Waals surface area contributed by atoms with Gasteiger partial charge in [0.15, 0.2) is 6.61 Å². The van der Waals surface area contributed by atoms with E-state index in [1.807, 2.05) is 6.92 Å². The van der Waals surface area contributed by atoms with Crippen LogP contribution in [0.5, 0.6) is 5.88 Å². The van der Waals surface area contributed by atoms with Crippen LogP contribution in [0.4, 0.5) is 19.0 Å². The summed E-state index contributed by atoms with van der Waals surface area (Å²) in [4.78, 5) is 20.4. The summed E-state index contributed by atoms with van der Waals surface area (Å²) in [7, 11) is 0. The predicted octanol–water partition coefficient (Wildman–Crippen LogP) is 4.03. The zero-order valence-electron chi connectivity index (χ0n) is 16.4. The molecule has 1 N–H and O–H groups in total. The van der Waals surface area contributed by atoms with Crippen LogP contribution >= 0.6 is 0 Å². The fourth-order valence-electron chi connectivity index (χ4n) is 3.09. The van der Waals surface area contributed by atoms with Crippen LogP contribution in [0.2, 0.25) is 0 Å². The number of alkyl halides is 3. The molecule has 1 atom stereocenters. The maximum absolute atomic E-state index is 12.4. The Morgan fingerprint density at radius 3 is 2.80 bits per heavy atom. The molecule has 0 spiro atoms. The van der Waals surface area contributed by atoms with Crippen molar-refractivity contribution < 1.29 is 22.7 Å². The van der Waals surface area contributed by atoms with E-state index >= 15 is 0 Å². The minimum Gasteiger partial charge on any atom is -0.468 e. The summed E-state index contributed by atoms with van der Waals surface area (Å²) in [6.07, 6.45) is 2.23. The zero-order chi connectivity index (χ0) is 21.5. The Labute approximate surface area is 170 Å². The molecule has 10 heteroatoms. The molecule has 0 bridgehead atoms. The molecule has 1 unspecified atom stereocenters. The molecule has 4 rings (SSSR count). The molecule has 1 saturated carbocycles. The van der Waals surface area contributed by atoms with E-state index in [0.717, 1.165) is 18.4 Å². The van der Waals surface area contributed by atoms with Crippen LogP contribution < -0.4 is 10.1 Å². The van der Waals surface area contributed by atoms with Gasteiger partial charge < -0.3 is 10.1 Å². The third-order valence-corrected chi connectivity index (χ3v) is 4.94. The van der Waals surface area contributed by atoms with Gasteiger partial charge in [-0.05, 0) is 44.4 Å². The van der Waals surface area contributed by atoms with E-state index < -0.39 is 12.8 Å². The molecule has 30 heavy (non-hydrogen) atoms. The molecule has 3 aromatic heterocycles. The lowest BCUT2D eigenvalue weighted by Gasteiger charge is -2.15. The molecule has 3 aromatic rings. The molecule has 1 amide bonds. The second-order valence-corrected chi connectivity index (χ2v) is 7.44. The standard InChI is InChI=1S/C20H20F3N5O2/c1-11-7-14(8-25-19(11)30-10-20(21,22)23)12(2)28-9-15-16(27-28)5-6-24-17(15)26-18(29)13-3-4-13/h5-9,12-13H,3-4,10H2,1-2H3,(H,24,26,29). The third kappa shape index (κ3) is 4.37. The largest absolute Gasteiger partial charge is 0.468 e. The van der Waals surface area contributed by atoms with Crippen molar-refractivity contribution in [2.75, 3.05) is 11.9 Å². The van der Waals surface area contributed by atoms with E-state index in [1.165, 1.54) is 6.20 Å². The topological polar surface area (TPSA) is 81.9 Å². The lowest BCUT2D eigenvalue weighted by atomic mass is 10.1. The summed E-state index contributed by atoms with van der Waals surface area (Å²) >= 11 is 0. The van der Waals surface area contributed by atoms with Gasteiger partial charge in [0.05, 0.1) is 16.9 Å². The first-order valence-electron chi connectivity index (χ1n) is 9.52. The molecule has 1 aliphatic rings. The number of ether oxygens (including phenoxy) is 1. The van der Waals surface area contributed by atoms with Crippen LogP contribution in [-0.2, 0) is 4.79 Å². The van der Waals surface area contributed by atoms with E-state index in [0.29, 0.717) is 22.3 Å². The van der Waals surface area contributed by atoms with Crippen LogP contribution in [0.1, 0.15) is 36.9 Å². The number of fused-ring (bicyclic) bond motifs is 1. The molecule has 1 fully saturated rings. The van der Waals surface area contributed by atoms with Gasteiger partial charge in [0.2, 0.25) is 11.8 Å². The van der Waals surface area contributed by atoms with Gasteiger partial charge in [-0.1, -0.05) is 0 Å². The van der Waals surface area contributed by atoms with E-state index in [9.17, 15) is 18.0 Å². The number of pyridine rings is 2. The Hall–Kier alpha value is -3.17. The van der Waals surface area contributed by atoms with Gasteiger partial charge in [0.25, 0.3) is 0 Å². The number of anilines is 1. The summed E-state index contributed by atoms with van der Waals surface area (Å²) in [5.41, 5.74) is 1.94. The normalized spacial score (nSPS) is 15.2. The van der Waals surface area contributed by atoms with Crippen LogP contribution in [-0.4, -0.2) is 38.4 Å². The second kappa shape index (κ2) is 7.58. The van der Waals surface area contributed by atoms with Crippen molar-refractivity contribution in [3.8, 4) is 5.88 Å². The smallest absolute Gasteiger partial charge is 0.422 e. The summed E-state index contributed by atoms with van der Waals surface area (Å²) in [5.74, 6) is 0.435. The molecule has 1 aliphatic carbocycles. The van der Waals surface area contributed by atoms with Gasteiger partial charge in [0.1, 0.15) is 5.82 Å². The lowest BCUT2D eigenvalue weighted by Crippen LogP contribution is -2.20. The molecule has 0 saturated heterocycles. The molecule has 3 heterocycles. The number of nitrogens with one attached hydrogen (secondary N) is 1. The molecular formula is C20H20F3N5O2. The number of aryl methyl sites for hydroxylation is 1. The highest BCUT2D eigenvalue weighted by Gasteiger charge is 2.30. The fraction of sp³-hybridized carbons (Fsp3) is 0.400. The molecule has 0 aromatic carbocycles. The van der Waals surface area contributed by atoms with E-state index in [-0.39, 0.29) is 23.7 Å². The monoisotopic (exact) mass is 419 g/mol. The Morgan fingerprint density at radius 1 is 1.37 bits per heavy atom. The average molecular weight is 419 g/mol. The summed E-state index contributed by atoms with van der Waals surface area (Å²) in [5, 5.41) is 8.13. The number of carbonyl (C=O) groups is 1. The first-order chi connectivity index (χ1) is 14.2. The molecule has 7 nitrogen and oxygen atoms in total. The second-order valence-electron chi connectivity index (χ2n) is 7.44. The number of rotatable bonds is 6.